The van der Waals surface area contributed by atoms with Gasteiger partial charge in [-0.1, -0.05) is 32.4 Å². The molecule has 0 aromatic heterocycles. The topological polar surface area (TPSA) is 113 Å². The summed E-state index contributed by atoms with van der Waals surface area (Å²) in [5.74, 6) is 1.52. The SMILES string of the molecule is CCC[C@@H](CCO)NC1=C(Cc2ccc(CN(CC)CC(=O)OCC)cc2OC)C(C)=NC(N)N1C. The van der Waals surface area contributed by atoms with E-state index >= 15 is 0 Å². The Morgan fingerprint density at radius 3 is 2.67 bits per heavy atom. The average molecular weight is 504 g/mol. The van der Waals surface area contributed by atoms with Crippen molar-refractivity contribution in [3.63, 3.8) is 0 Å². The Bertz CT molecular complexity index is 911. The number of likely N-dealkylation sites (N-methyl/N-ethyl adjacent to an activating group) is 1. The Hall–Kier alpha value is -2.62. The molecule has 1 aromatic rings. The van der Waals surface area contributed by atoms with Crippen molar-refractivity contribution in [1.29, 1.82) is 0 Å². The van der Waals surface area contributed by atoms with Gasteiger partial charge in [0, 0.05) is 43.9 Å². The number of esters is 1. The standard InChI is InChI=1S/C27H45N5O4/c1-7-10-22(13-14-33)30-26-23(19(4)29-27(28)31(26)5)16-21-12-11-20(15-24(21)35-6)17-32(8-2)18-25(34)36-9-3/h11-12,15,22,27,30,33H,7-10,13-14,16-18,28H2,1-6H3/t22-,27?/m0/s1. The maximum atomic E-state index is 11.9. The van der Waals surface area contributed by atoms with E-state index in [9.17, 15) is 9.90 Å². The smallest absolute Gasteiger partial charge is 0.320 e. The van der Waals surface area contributed by atoms with Crippen LogP contribution in [0.15, 0.2) is 34.6 Å². The zero-order valence-electron chi connectivity index (χ0n) is 22.8. The van der Waals surface area contributed by atoms with Gasteiger partial charge < -0.3 is 24.8 Å². The predicted molar refractivity (Wildman–Crippen MR) is 144 cm³/mol. The number of nitrogens with two attached hydrogens (primary N) is 1. The van der Waals surface area contributed by atoms with Crippen molar-refractivity contribution in [2.24, 2.45) is 10.7 Å². The first kappa shape index (κ1) is 29.6. The van der Waals surface area contributed by atoms with E-state index in [2.05, 4.69) is 29.4 Å². The van der Waals surface area contributed by atoms with Crippen molar-refractivity contribution in [3.8, 4) is 5.75 Å². The summed E-state index contributed by atoms with van der Waals surface area (Å²) in [7, 11) is 3.61. The molecule has 1 heterocycles. The van der Waals surface area contributed by atoms with E-state index in [4.69, 9.17) is 15.2 Å². The van der Waals surface area contributed by atoms with E-state index in [0.29, 0.717) is 26.0 Å². The summed E-state index contributed by atoms with van der Waals surface area (Å²) in [4.78, 5) is 20.6. The molecule has 0 saturated heterocycles. The summed E-state index contributed by atoms with van der Waals surface area (Å²) in [5, 5.41) is 13.2. The number of nitrogens with one attached hydrogen (secondary N) is 1. The Labute approximate surface area is 216 Å². The number of aliphatic hydroxyl groups is 1. The molecule has 1 aliphatic rings. The highest BCUT2D eigenvalue weighted by Crippen LogP contribution is 2.28. The Kier molecular flexibility index (Phi) is 12.2. The lowest BCUT2D eigenvalue weighted by Gasteiger charge is -2.36. The summed E-state index contributed by atoms with van der Waals surface area (Å²) >= 11 is 0. The number of nitrogens with zero attached hydrogens (tertiary/aromatic N) is 3. The zero-order chi connectivity index (χ0) is 26.7. The molecular formula is C27H45N5O4. The van der Waals surface area contributed by atoms with Gasteiger partial charge in [-0.2, -0.15) is 0 Å². The molecule has 2 rings (SSSR count). The van der Waals surface area contributed by atoms with E-state index in [1.54, 1.807) is 7.11 Å². The quantitative estimate of drug-likeness (QED) is 0.313. The molecule has 0 saturated carbocycles. The third kappa shape index (κ3) is 8.21. The van der Waals surface area contributed by atoms with Crippen molar-refractivity contribution in [2.75, 3.05) is 40.5 Å². The number of rotatable bonds is 15. The fraction of sp³-hybridized carbons (Fsp3) is 0.630. The van der Waals surface area contributed by atoms with Crippen LogP contribution in [0.2, 0.25) is 0 Å². The van der Waals surface area contributed by atoms with Gasteiger partial charge >= 0.3 is 5.97 Å². The van der Waals surface area contributed by atoms with Crippen LogP contribution in [-0.4, -0.2) is 79.4 Å². The monoisotopic (exact) mass is 503 g/mol. The summed E-state index contributed by atoms with van der Waals surface area (Å²) in [6.45, 7) is 10.1. The van der Waals surface area contributed by atoms with E-state index in [0.717, 1.165) is 53.4 Å². The van der Waals surface area contributed by atoms with Crippen molar-refractivity contribution < 1.29 is 19.4 Å². The molecule has 0 spiro atoms. The van der Waals surface area contributed by atoms with Gasteiger partial charge in [0.1, 0.15) is 11.6 Å². The molecule has 9 heteroatoms. The molecule has 9 nitrogen and oxygen atoms in total. The van der Waals surface area contributed by atoms with Gasteiger partial charge in [-0.3, -0.25) is 20.4 Å². The number of methoxy groups -OCH3 is 1. The minimum atomic E-state index is -0.462. The normalized spacial score (nSPS) is 16.8. The number of allylic oxidation sites excluding steroid dienone is 1. The number of hydrogen-bond donors (Lipinski definition) is 3. The number of carbonyl (C=O) groups is 1. The highest BCUT2D eigenvalue weighted by Gasteiger charge is 2.26. The lowest BCUT2D eigenvalue weighted by molar-refractivity contribution is -0.144. The third-order valence-corrected chi connectivity index (χ3v) is 6.48. The zero-order valence-corrected chi connectivity index (χ0v) is 22.8. The summed E-state index contributed by atoms with van der Waals surface area (Å²) in [6, 6.07) is 6.34. The van der Waals surface area contributed by atoms with Crippen LogP contribution in [0.1, 0.15) is 58.1 Å². The first-order chi connectivity index (χ1) is 17.3. The van der Waals surface area contributed by atoms with Gasteiger partial charge in [-0.25, -0.2) is 0 Å². The largest absolute Gasteiger partial charge is 0.496 e. The summed E-state index contributed by atoms with van der Waals surface area (Å²) < 4.78 is 10.9. The number of benzene rings is 1. The molecule has 1 aliphatic heterocycles. The van der Waals surface area contributed by atoms with Gasteiger partial charge in [-0.05, 0) is 50.4 Å². The second kappa shape index (κ2) is 14.8. The van der Waals surface area contributed by atoms with Crippen molar-refractivity contribution in [3.05, 3.63) is 40.7 Å². The van der Waals surface area contributed by atoms with Crippen LogP contribution in [0.25, 0.3) is 0 Å². The maximum Gasteiger partial charge on any atom is 0.320 e. The molecule has 0 radical (unpaired) electrons. The van der Waals surface area contributed by atoms with Crippen LogP contribution in [-0.2, 0) is 22.5 Å². The molecule has 1 unspecified atom stereocenters. The first-order valence-electron chi connectivity index (χ1n) is 12.9. The second-order valence-electron chi connectivity index (χ2n) is 9.14. The summed E-state index contributed by atoms with van der Waals surface area (Å²) in [5.41, 5.74) is 10.3. The van der Waals surface area contributed by atoms with Gasteiger partial charge in [0.25, 0.3) is 0 Å². The Morgan fingerprint density at radius 2 is 2.06 bits per heavy atom. The van der Waals surface area contributed by atoms with Crippen LogP contribution < -0.4 is 15.8 Å². The van der Waals surface area contributed by atoms with E-state index < -0.39 is 6.29 Å². The van der Waals surface area contributed by atoms with Crippen LogP contribution in [0.4, 0.5) is 0 Å². The van der Waals surface area contributed by atoms with E-state index in [1.807, 2.05) is 43.7 Å². The predicted octanol–water partition coefficient (Wildman–Crippen LogP) is 2.62. The van der Waals surface area contributed by atoms with Crippen LogP contribution >= 0.6 is 0 Å². The van der Waals surface area contributed by atoms with Crippen LogP contribution in [0.5, 0.6) is 5.75 Å². The van der Waals surface area contributed by atoms with Crippen molar-refractivity contribution in [2.45, 2.75) is 72.3 Å². The summed E-state index contributed by atoms with van der Waals surface area (Å²) in [6.07, 6.45) is 2.80. The fourth-order valence-corrected chi connectivity index (χ4v) is 4.42. The number of aliphatic imine (C=N–C) groups is 1. The number of ether oxygens (including phenoxy) is 2. The Balaban J connectivity index is 2.32. The molecule has 36 heavy (non-hydrogen) atoms. The second-order valence-corrected chi connectivity index (χ2v) is 9.14. The molecule has 0 bridgehead atoms. The maximum absolute atomic E-state index is 11.9. The molecule has 202 valence electrons. The van der Waals surface area contributed by atoms with Crippen LogP contribution in [0, 0.1) is 0 Å². The molecule has 0 fully saturated rings. The lowest BCUT2D eigenvalue weighted by atomic mass is 9.97. The molecule has 2 atom stereocenters. The van der Waals surface area contributed by atoms with Gasteiger partial charge in [0.15, 0.2) is 6.29 Å². The van der Waals surface area contributed by atoms with E-state index in [1.165, 1.54) is 0 Å². The third-order valence-electron chi connectivity index (χ3n) is 6.48. The van der Waals surface area contributed by atoms with Crippen molar-refractivity contribution in [1.82, 2.24) is 15.1 Å². The highest BCUT2D eigenvalue weighted by atomic mass is 16.5. The number of aliphatic hydroxyl groups excluding tert-OH is 1. The van der Waals surface area contributed by atoms with Crippen LogP contribution in [0.3, 0.4) is 0 Å². The average Bonchev–Trinajstić information content (AvgIpc) is 2.85. The first-order valence-corrected chi connectivity index (χ1v) is 12.9. The highest BCUT2D eigenvalue weighted by molar-refractivity contribution is 6.00. The number of carbonyl (C=O) groups excluding carboxylic acids is 1. The molecule has 4 N–H and O–H groups in total. The minimum absolute atomic E-state index is 0.128. The molecule has 1 aromatic carbocycles. The molecule has 0 aliphatic carbocycles. The van der Waals surface area contributed by atoms with Gasteiger partial charge in [-0.15, -0.1) is 0 Å². The van der Waals surface area contributed by atoms with E-state index in [-0.39, 0.29) is 25.2 Å². The minimum Gasteiger partial charge on any atom is -0.496 e. The molecule has 0 amide bonds. The van der Waals surface area contributed by atoms with Crippen molar-refractivity contribution >= 4 is 11.7 Å². The Morgan fingerprint density at radius 1 is 1.31 bits per heavy atom. The van der Waals surface area contributed by atoms with Gasteiger partial charge in [0.05, 0.1) is 20.3 Å². The number of hydrogen-bond acceptors (Lipinski definition) is 9. The lowest BCUT2D eigenvalue weighted by Crippen LogP contribution is -2.48. The van der Waals surface area contributed by atoms with Gasteiger partial charge in [0.2, 0.25) is 0 Å². The molecular weight excluding hydrogens is 458 g/mol. The fourth-order valence-electron chi connectivity index (χ4n) is 4.42.